The fourth-order valence-corrected chi connectivity index (χ4v) is 3.52. The van der Waals surface area contributed by atoms with E-state index in [-0.39, 0.29) is 23.6 Å². The van der Waals surface area contributed by atoms with E-state index in [9.17, 15) is 4.79 Å². The molecule has 2 atom stereocenters. The molecule has 0 aliphatic heterocycles. The summed E-state index contributed by atoms with van der Waals surface area (Å²) >= 11 is 0. The van der Waals surface area contributed by atoms with Crippen molar-refractivity contribution < 1.29 is 19.1 Å². The third-order valence-corrected chi connectivity index (χ3v) is 4.87. The number of hydrogen-bond acceptors (Lipinski definition) is 8. The summed E-state index contributed by atoms with van der Waals surface area (Å²) in [7, 11) is 3.23. The van der Waals surface area contributed by atoms with Crippen LogP contribution in [-0.4, -0.2) is 41.3 Å². The normalized spacial score (nSPS) is 14.2. The Labute approximate surface area is 140 Å². The Kier molecular flexibility index (Phi) is 11.9. The molecule has 0 aliphatic rings. The van der Waals surface area contributed by atoms with Crippen molar-refractivity contribution >= 4 is 33.7 Å². The first-order valence-corrected chi connectivity index (χ1v) is 9.31. The van der Waals surface area contributed by atoms with Gasteiger partial charge in [-0.25, -0.2) is 0 Å². The molecule has 6 nitrogen and oxygen atoms in total. The number of rotatable bonds is 6. The summed E-state index contributed by atoms with van der Waals surface area (Å²) in [6.07, 6.45) is 0.250. The number of nitrogens with two attached hydrogens (primary N) is 2. The van der Waals surface area contributed by atoms with Crippen LogP contribution in [0.15, 0.2) is 0 Å². The van der Waals surface area contributed by atoms with Crippen molar-refractivity contribution in [3.05, 3.63) is 0 Å². The first-order valence-electron chi connectivity index (χ1n) is 6.83. The van der Waals surface area contributed by atoms with Crippen molar-refractivity contribution in [3.8, 4) is 0 Å². The average Bonchev–Trinajstić information content (AvgIpc) is 2.31. The van der Waals surface area contributed by atoms with Crippen LogP contribution < -0.4 is 11.5 Å². The zero-order chi connectivity index (χ0) is 18.0. The molecule has 0 saturated heterocycles. The molecule has 0 bridgehead atoms. The highest BCUT2D eigenvalue weighted by atomic mass is 33.1. The van der Waals surface area contributed by atoms with Gasteiger partial charge < -0.3 is 16.2 Å². The Bertz CT molecular complexity index is 359. The molecule has 0 saturated carbocycles. The highest BCUT2D eigenvalue weighted by Gasteiger charge is 2.23. The number of carbonyl (C=O) groups excluding carboxylic acids is 3. The fraction of sp³-hybridized carbons (Fsp3) is 0.857. The van der Waals surface area contributed by atoms with Crippen LogP contribution in [-0.2, 0) is 19.1 Å². The Balaban J connectivity index is 0. The Morgan fingerprint density at radius 3 is 1.82 bits per heavy atom. The summed E-state index contributed by atoms with van der Waals surface area (Å²) in [5, 5.41) is 0. The first-order chi connectivity index (χ1) is 9.85. The predicted molar refractivity (Wildman–Crippen MR) is 91.2 cm³/mol. The van der Waals surface area contributed by atoms with Gasteiger partial charge in [0.2, 0.25) is 0 Å². The Morgan fingerprint density at radius 2 is 1.45 bits per heavy atom. The van der Waals surface area contributed by atoms with E-state index in [4.69, 9.17) is 25.8 Å². The summed E-state index contributed by atoms with van der Waals surface area (Å²) in [5.41, 5.74) is 11.5. The van der Waals surface area contributed by atoms with E-state index in [1.807, 2.05) is 20.8 Å². The lowest BCUT2D eigenvalue weighted by Gasteiger charge is -2.26. The Hall–Kier alpha value is -0.530. The molecule has 0 heterocycles. The van der Waals surface area contributed by atoms with Gasteiger partial charge in [-0.05, 0) is 26.2 Å². The molecule has 0 fully saturated rings. The van der Waals surface area contributed by atoms with Crippen LogP contribution >= 0.6 is 21.6 Å². The maximum absolute atomic E-state index is 11.7. The van der Waals surface area contributed by atoms with Gasteiger partial charge in [0, 0.05) is 17.5 Å². The number of hydrogen-bond donors (Lipinski definition) is 2. The maximum Gasteiger partial charge on any atom is 0.373 e. The fourth-order valence-electron chi connectivity index (χ4n) is 0.938. The number of esters is 1. The monoisotopic (exact) mass is 352 g/mol. The van der Waals surface area contributed by atoms with Crippen LogP contribution in [0.3, 0.4) is 0 Å². The molecule has 0 aromatic heterocycles. The summed E-state index contributed by atoms with van der Waals surface area (Å²) in [6, 6.07) is -0.453. The third-order valence-electron chi connectivity index (χ3n) is 2.40. The molecule has 0 amide bonds. The van der Waals surface area contributed by atoms with E-state index < -0.39 is 11.6 Å². The van der Waals surface area contributed by atoms with E-state index in [2.05, 4.69) is 20.8 Å². The number of ether oxygens (including phenoxy) is 1. The molecule has 0 spiro atoms. The second kappa shape index (κ2) is 11.1. The standard InChI is InChI=1S/C13H28N2O2S2.CO2/c1-12(2,3)10(15)8-19-18-7-9(14)11(16)17-13(4,5)6;2-1-3/h9-10H,7-8,14-15H2,1-6H3;/t9-,10-;/m0./s1. The van der Waals surface area contributed by atoms with Crippen molar-refractivity contribution in [2.45, 2.75) is 59.2 Å². The van der Waals surface area contributed by atoms with E-state index in [0.29, 0.717) is 5.75 Å². The summed E-state index contributed by atoms with van der Waals surface area (Å²) < 4.78 is 5.22. The van der Waals surface area contributed by atoms with Crippen LogP contribution in [0, 0.1) is 5.41 Å². The van der Waals surface area contributed by atoms with Gasteiger partial charge in [-0.1, -0.05) is 42.4 Å². The molecular formula is C14H28N2O4S2. The zero-order valence-corrected chi connectivity index (χ0v) is 15.8. The SMILES string of the molecule is CC(C)(C)OC(=O)[C@@H](N)CSSC[C@H](N)C(C)(C)C.O=C=O. The molecule has 130 valence electrons. The lowest BCUT2D eigenvalue weighted by Crippen LogP contribution is -2.39. The van der Waals surface area contributed by atoms with Crippen LogP contribution in [0.5, 0.6) is 0 Å². The minimum atomic E-state index is -0.581. The topological polar surface area (TPSA) is 112 Å². The van der Waals surface area contributed by atoms with Gasteiger partial charge >= 0.3 is 12.1 Å². The third kappa shape index (κ3) is 14.4. The van der Waals surface area contributed by atoms with E-state index in [1.54, 1.807) is 21.6 Å². The van der Waals surface area contributed by atoms with Crippen LogP contribution in [0.1, 0.15) is 41.5 Å². The van der Waals surface area contributed by atoms with Crippen LogP contribution in [0.4, 0.5) is 0 Å². The van der Waals surface area contributed by atoms with Gasteiger partial charge in [-0.2, -0.15) is 9.59 Å². The van der Waals surface area contributed by atoms with E-state index >= 15 is 0 Å². The summed E-state index contributed by atoms with van der Waals surface area (Å²) in [6.45, 7) is 11.9. The van der Waals surface area contributed by atoms with Gasteiger partial charge in [0.05, 0.1) is 0 Å². The minimum Gasteiger partial charge on any atom is -0.459 e. The molecule has 22 heavy (non-hydrogen) atoms. The maximum atomic E-state index is 11.7. The average molecular weight is 353 g/mol. The smallest absolute Gasteiger partial charge is 0.373 e. The van der Waals surface area contributed by atoms with Gasteiger partial charge in [0.25, 0.3) is 0 Å². The molecule has 8 heteroatoms. The second-order valence-electron chi connectivity index (χ2n) is 6.76. The highest BCUT2D eigenvalue weighted by molar-refractivity contribution is 8.76. The lowest BCUT2D eigenvalue weighted by molar-refractivity contribution is -0.191. The van der Waals surface area contributed by atoms with Crippen LogP contribution in [0.2, 0.25) is 0 Å². The molecule has 4 N–H and O–H groups in total. The van der Waals surface area contributed by atoms with Crippen molar-refractivity contribution in [3.63, 3.8) is 0 Å². The molecule has 0 unspecified atom stereocenters. The van der Waals surface area contributed by atoms with Crippen molar-refractivity contribution in [1.29, 1.82) is 0 Å². The number of carbonyl (C=O) groups is 1. The Morgan fingerprint density at radius 1 is 1.05 bits per heavy atom. The molecule has 0 aromatic rings. The van der Waals surface area contributed by atoms with Gasteiger partial charge in [-0.15, -0.1) is 0 Å². The predicted octanol–water partition coefficient (Wildman–Crippen LogP) is 1.83. The largest absolute Gasteiger partial charge is 0.459 e. The zero-order valence-electron chi connectivity index (χ0n) is 14.2. The molecule has 0 radical (unpaired) electrons. The van der Waals surface area contributed by atoms with Gasteiger partial charge in [0.1, 0.15) is 11.6 Å². The van der Waals surface area contributed by atoms with Crippen molar-refractivity contribution in [2.75, 3.05) is 11.5 Å². The van der Waals surface area contributed by atoms with Crippen molar-refractivity contribution in [1.82, 2.24) is 0 Å². The second-order valence-corrected chi connectivity index (χ2v) is 9.32. The lowest BCUT2D eigenvalue weighted by atomic mass is 9.89. The van der Waals surface area contributed by atoms with E-state index in [0.717, 1.165) is 5.75 Å². The minimum absolute atomic E-state index is 0.0981. The summed E-state index contributed by atoms with van der Waals surface area (Å²) in [5.74, 6) is 1.03. The van der Waals surface area contributed by atoms with Gasteiger partial charge in [0.15, 0.2) is 0 Å². The van der Waals surface area contributed by atoms with Crippen molar-refractivity contribution in [2.24, 2.45) is 16.9 Å². The first kappa shape index (κ1) is 23.7. The van der Waals surface area contributed by atoms with E-state index in [1.165, 1.54) is 0 Å². The van der Waals surface area contributed by atoms with Crippen LogP contribution in [0.25, 0.3) is 0 Å². The van der Waals surface area contributed by atoms with Gasteiger partial charge in [-0.3, -0.25) is 4.79 Å². The molecule has 0 rings (SSSR count). The summed E-state index contributed by atoms with van der Waals surface area (Å²) in [4.78, 5) is 27.9. The highest BCUT2D eigenvalue weighted by Crippen LogP contribution is 2.27. The molecule has 0 aliphatic carbocycles. The molecule has 0 aromatic carbocycles. The quantitative estimate of drug-likeness (QED) is 0.423. The molecular weight excluding hydrogens is 324 g/mol.